The summed E-state index contributed by atoms with van der Waals surface area (Å²) in [5.74, 6) is 3.62. The van der Waals surface area contributed by atoms with Gasteiger partial charge in [-0.1, -0.05) is 13.3 Å². The Morgan fingerprint density at radius 3 is 2.45 bits per heavy atom. The van der Waals surface area contributed by atoms with E-state index in [1.165, 1.54) is 25.1 Å². The molecule has 0 spiro atoms. The summed E-state index contributed by atoms with van der Waals surface area (Å²) >= 11 is 1.72. The van der Waals surface area contributed by atoms with Gasteiger partial charge in [0, 0.05) is 24.8 Å². The number of ether oxygens (including phenoxy) is 2. The summed E-state index contributed by atoms with van der Waals surface area (Å²) in [5, 5.41) is 1.07. The number of imidazole rings is 1. The first-order chi connectivity index (χ1) is 15.1. The number of rotatable bonds is 9. The van der Waals surface area contributed by atoms with Gasteiger partial charge in [-0.2, -0.15) is 0 Å². The molecule has 0 atom stereocenters. The standard InChI is InChI=1S/C25H33N3O2S/c1-6-12-27(16-18-9-7-10-18)25-24(31-5)26-23-19(11-8-13-28(23)25)22-20(29-3)14-17(2)15-21(22)30-4/h8,11,13-15,18H,6-7,9-10,12,16H2,1-5H3. The Morgan fingerprint density at radius 2 is 1.90 bits per heavy atom. The number of hydrogen-bond acceptors (Lipinski definition) is 5. The minimum absolute atomic E-state index is 0.798. The third-order valence-electron chi connectivity index (χ3n) is 6.20. The van der Waals surface area contributed by atoms with E-state index in [9.17, 15) is 0 Å². The third-order valence-corrected chi connectivity index (χ3v) is 6.86. The summed E-state index contributed by atoms with van der Waals surface area (Å²) in [6, 6.07) is 8.33. The Hall–Kier alpha value is -2.34. The van der Waals surface area contributed by atoms with Crippen LogP contribution < -0.4 is 14.4 Å². The first-order valence-corrected chi connectivity index (χ1v) is 12.4. The number of benzene rings is 1. The quantitative estimate of drug-likeness (QED) is 0.379. The van der Waals surface area contributed by atoms with Gasteiger partial charge in [0.15, 0.2) is 0 Å². The zero-order valence-corrected chi connectivity index (χ0v) is 20.1. The fourth-order valence-electron chi connectivity index (χ4n) is 4.50. The van der Waals surface area contributed by atoms with Crippen molar-refractivity contribution in [3.63, 3.8) is 0 Å². The molecule has 0 saturated heterocycles. The zero-order valence-electron chi connectivity index (χ0n) is 19.3. The molecule has 2 aromatic heterocycles. The molecule has 4 rings (SSSR count). The summed E-state index contributed by atoms with van der Waals surface area (Å²) in [6.07, 6.45) is 9.42. The highest BCUT2D eigenvalue weighted by Gasteiger charge is 2.26. The van der Waals surface area contributed by atoms with Gasteiger partial charge in [0.05, 0.1) is 19.8 Å². The lowest BCUT2D eigenvalue weighted by molar-refractivity contribution is 0.316. The Bertz CT molecular complexity index is 1030. The van der Waals surface area contributed by atoms with Crippen LogP contribution in [0.1, 0.15) is 38.2 Å². The van der Waals surface area contributed by atoms with E-state index in [1.54, 1.807) is 26.0 Å². The Labute approximate surface area is 189 Å². The molecule has 0 bridgehead atoms. The summed E-state index contributed by atoms with van der Waals surface area (Å²) in [6.45, 7) is 6.46. The maximum absolute atomic E-state index is 5.76. The highest BCUT2D eigenvalue weighted by molar-refractivity contribution is 7.98. The van der Waals surface area contributed by atoms with E-state index < -0.39 is 0 Å². The molecule has 6 heteroatoms. The molecule has 5 nitrogen and oxygen atoms in total. The van der Waals surface area contributed by atoms with Crippen molar-refractivity contribution >= 4 is 23.2 Å². The van der Waals surface area contributed by atoms with Crippen LogP contribution in [0.25, 0.3) is 16.8 Å². The smallest absolute Gasteiger partial charge is 0.147 e. The molecule has 2 heterocycles. The topological polar surface area (TPSA) is 39.0 Å². The lowest BCUT2D eigenvalue weighted by Crippen LogP contribution is -2.34. The minimum atomic E-state index is 0.798. The lowest BCUT2D eigenvalue weighted by atomic mass is 9.85. The molecular formula is C25H33N3O2S. The number of aromatic nitrogens is 2. The number of hydrogen-bond donors (Lipinski definition) is 0. The van der Waals surface area contributed by atoms with E-state index in [2.05, 4.69) is 59.9 Å². The van der Waals surface area contributed by atoms with Crippen LogP contribution in [0.4, 0.5) is 5.82 Å². The van der Waals surface area contributed by atoms with E-state index in [-0.39, 0.29) is 0 Å². The first-order valence-electron chi connectivity index (χ1n) is 11.1. The molecule has 1 fully saturated rings. The molecule has 1 aliphatic carbocycles. The molecule has 31 heavy (non-hydrogen) atoms. The van der Waals surface area contributed by atoms with Crippen molar-refractivity contribution in [2.45, 2.75) is 44.6 Å². The van der Waals surface area contributed by atoms with Crippen molar-refractivity contribution in [3.8, 4) is 22.6 Å². The summed E-state index contributed by atoms with van der Waals surface area (Å²) in [4.78, 5) is 7.65. The van der Waals surface area contributed by atoms with Crippen molar-refractivity contribution in [2.75, 3.05) is 38.5 Å². The largest absolute Gasteiger partial charge is 0.496 e. The van der Waals surface area contributed by atoms with Crippen LogP contribution in [-0.4, -0.2) is 42.9 Å². The predicted octanol–water partition coefficient (Wildman–Crippen LogP) is 6.07. The van der Waals surface area contributed by atoms with Gasteiger partial charge in [-0.05, 0) is 68.2 Å². The Morgan fingerprint density at radius 1 is 1.19 bits per heavy atom. The molecular weight excluding hydrogens is 406 g/mol. The van der Waals surface area contributed by atoms with Crippen LogP contribution in [0, 0.1) is 12.8 Å². The number of nitrogens with zero attached hydrogens (tertiary/aromatic N) is 3. The molecule has 3 aromatic rings. The van der Waals surface area contributed by atoms with Crippen molar-refractivity contribution < 1.29 is 9.47 Å². The first kappa shape index (κ1) is 21.9. The van der Waals surface area contributed by atoms with E-state index >= 15 is 0 Å². The predicted molar refractivity (Wildman–Crippen MR) is 130 cm³/mol. The Kier molecular flexibility index (Phi) is 6.65. The number of pyridine rings is 1. The van der Waals surface area contributed by atoms with E-state index in [0.717, 1.165) is 64.3 Å². The van der Waals surface area contributed by atoms with Gasteiger partial charge in [-0.15, -0.1) is 11.8 Å². The van der Waals surface area contributed by atoms with Crippen LogP contribution in [0.5, 0.6) is 11.5 Å². The molecule has 1 aliphatic rings. The third kappa shape index (κ3) is 4.10. The van der Waals surface area contributed by atoms with Crippen LogP contribution in [0.2, 0.25) is 0 Å². The average molecular weight is 440 g/mol. The van der Waals surface area contributed by atoms with Gasteiger partial charge in [-0.25, -0.2) is 4.98 Å². The van der Waals surface area contributed by atoms with Gasteiger partial charge in [0.1, 0.15) is 28.0 Å². The van der Waals surface area contributed by atoms with E-state index in [4.69, 9.17) is 14.5 Å². The second-order valence-electron chi connectivity index (χ2n) is 8.35. The van der Waals surface area contributed by atoms with Gasteiger partial charge >= 0.3 is 0 Å². The van der Waals surface area contributed by atoms with Crippen LogP contribution in [0.15, 0.2) is 35.5 Å². The number of anilines is 1. The Balaban J connectivity index is 1.91. The second-order valence-corrected chi connectivity index (χ2v) is 9.14. The summed E-state index contributed by atoms with van der Waals surface area (Å²) < 4.78 is 13.8. The molecule has 166 valence electrons. The zero-order chi connectivity index (χ0) is 22.0. The second kappa shape index (κ2) is 9.43. The van der Waals surface area contributed by atoms with Crippen molar-refractivity contribution in [1.29, 1.82) is 0 Å². The van der Waals surface area contributed by atoms with Gasteiger partial charge in [-0.3, -0.25) is 4.40 Å². The fourth-order valence-corrected chi connectivity index (χ4v) is 5.09. The SMILES string of the molecule is CCCN(CC1CCC1)c1c(SC)nc2c(-c3c(OC)cc(C)cc3OC)cccn12. The molecule has 1 saturated carbocycles. The summed E-state index contributed by atoms with van der Waals surface area (Å²) in [5.41, 5.74) is 4.02. The van der Waals surface area contributed by atoms with Gasteiger partial charge in [0.2, 0.25) is 0 Å². The van der Waals surface area contributed by atoms with E-state index in [1.807, 2.05) is 0 Å². The van der Waals surface area contributed by atoms with Crippen molar-refractivity contribution in [3.05, 3.63) is 36.0 Å². The highest BCUT2D eigenvalue weighted by atomic mass is 32.2. The monoisotopic (exact) mass is 439 g/mol. The number of fused-ring (bicyclic) bond motifs is 1. The number of thioether (sulfide) groups is 1. The number of methoxy groups -OCH3 is 2. The minimum Gasteiger partial charge on any atom is -0.496 e. The van der Waals surface area contributed by atoms with E-state index in [0.29, 0.717) is 0 Å². The van der Waals surface area contributed by atoms with Crippen LogP contribution in [-0.2, 0) is 0 Å². The maximum atomic E-state index is 5.76. The van der Waals surface area contributed by atoms with Crippen LogP contribution in [0.3, 0.4) is 0 Å². The molecule has 0 radical (unpaired) electrons. The highest BCUT2D eigenvalue weighted by Crippen LogP contribution is 2.43. The number of aryl methyl sites for hydroxylation is 1. The molecule has 1 aromatic carbocycles. The summed E-state index contributed by atoms with van der Waals surface area (Å²) in [7, 11) is 3.42. The fraction of sp³-hybridized carbons (Fsp3) is 0.480. The maximum Gasteiger partial charge on any atom is 0.147 e. The average Bonchev–Trinajstić information content (AvgIpc) is 3.13. The molecule has 0 aliphatic heterocycles. The normalized spacial score (nSPS) is 14.0. The van der Waals surface area contributed by atoms with Crippen LogP contribution >= 0.6 is 11.8 Å². The van der Waals surface area contributed by atoms with Gasteiger partial charge in [0.25, 0.3) is 0 Å². The van der Waals surface area contributed by atoms with Crippen molar-refractivity contribution in [1.82, 2.24) is 9.38 Å². The van der Waals surface area contributed by atoms with Gasteiger partial charge < -0.3 is 14.4 Å². The lowest BCUT2D eigenvalue weighted by Gasteiger charge is -2.33. The molecule has 0 amide bonds. The molecule has 0 N–H and O–H groups in total. The molecule has 0 unspecified atom stereocenters. The van der Waals surface area contributed by atoms with Crippen molar-refractivity contribution in [2.24, 2.45) is 5.92 Å².